The van der Waals surface area contributed by atoms with Crippen LogP contribution in [0.4, 0.5) is 0 Å². The number of pyridine rings is 1. The molecule has 54 valence electrons. The van der Waals surface area contributed by atoms with Gasteiger partial charge in [0.25, 0.3) is 0 Å². The third-order valence-electron chi connectivity index (χ3n) is 1.04. The quantitative estimate of drug-likeness (QED) is 0.569. The fourth-order valence-corrected chi connectivity index (χ4v) is 2.11. The van der Waals surface area contributed by atoms with E-state index in [0.29, 0.717) is 5.15 Å². The molecule has 0 amide bonds. The fourth-order valence-electron chi connectivity index (χ4n) is 0.534. The molecule has 0 spiro atoms. The molecule has 10 heavy (non-hydrogen) atoms. The summed E-state index contributed by atoms with van der Waals surface area (Å²) in [7, 11) is 0. The van der Waals surface area contributed by atoms with Gasteiger partial charge in [-0.3, -0.25) is 0 Å². The van der Waals surface area contributed by atoms with Gasteiger partial charge in [0.1, 0.15) is 5.15 Å². The molecule has 4 heteroatoms. The Morgan fingerprint density at radius 1 is 1.60 bits per heavy atom. The van der Waals surface area contributed by atoms with Crippen molar-refractivity contribution in [2.45, 2.75) is 5.33 Å². The van der Waals surface area contributed by atoms with Crippen LogP contribution >= 0.6 is 43.5 Å². The van der Waals surface area contributed by atoms with E-state index in [2.05, 4.69) is 36.8 Å². The van der Waals surface area contributed by atoms with E-state index in [1.807, 2.05) is 0 Å². The van der Waals surface area contributed by atoms with Gasteiger partial charge >= 0.3 is 0 Å². The van der Waals surface area contributed by atoms with Gasteiger partial charge in [0.15, 0.2) is 0 Å². The Balaban J connectivity index is 3.07. The van der Waals surface area contributed by atoms with Crippen LogP contribution in [0.1, 0.15) is 5.56 Å². The Kier molecular flexibility index (Phi) is 3.14. The van der Waals surface area contributed by atoms with Crippen molar-refractivity contribution in [2.75, 3.05) is 0 Å². The molecular weight excluding hydrogens is 281 g/mol. The highest BCUT2D eigenvalue weighted by atomic mass is 79.9. The lowest BCUT2D eigenvalue weighted by Gasteiger charge is -1.97. The van der Waals surface area contributed by atoms with Gasteiger partial charge in [-0.25, -0.2) is 4.98 Å². The van der Waals surface area contributed by atoms with Crippen molar-refractivity contribution in [3.05, 3.63) is 27.5 Å². The summed E-state index contributed by atoms with van der Waals surface area (Å²) in [4.78, 5) is 3.92. The number of hydrogen-bond donors (Lipinski definition) is 0. The van der Waals surface area contributed by atoms with Crippen molar-refractivity contribution in [1.82, 2.24) is 4.98 Å². The second kappa shape index (κ2) is 3.69. The summed E-state index contributed by atoms with van der Waals surface area (Å²) in [5.74, 6) is 0. The smallest absolute Gasteiger partial charge is 0.130 e. The Labute approximate surface area is 81.1 Å². The van der Waals surface area contributed by atoms with E-state index in [-0.39, 0.29) is 0 Å². The van der Waals surface area contributed by atoms with Gasteiger partial charge in [0, 0.05) is 16.0 Å². The predicted molar refractivity (Wildman–Crippen MR) is 49.6 cm³/mol. The largest absolute Gasteiger partial charge is 0.244 e. The van der Waals surface area contributed by atoms with Gasteiger partial charge < -0.3 is 0 Å². The highest BCUT2D eigenvalue weighted by Gasteiger charge is 1.98. The highest BCUT2D eigenvalue weighted by Crippen LogP contribution is 2.20. The third-order valence-corrected chi connectivity index (χ3v) is 2.59. The number of rotatable bonds is 1. The minimum absolute atomic E-state index is 0.511. The molecule has 1 aromatic heterocycles. The standard InChI is InChI=1S/C6H4Br2ClN/c7-2-4-3-10-6(9)1-5(4)8/h1,3H,2H2. The van der Waals surface area contributed by atoms with Gasteiger partial charge in [-0.1, -0.05) is 43.5 Å². The zero-order chi connectivity index (χ0) is 7.56. The molecule has 0 N–H and O–H groups in total. The van der Waals surface area contributed by atoms with Gasteiger partial charge in [0.2, 0.25) is 0 Å². The van der Waals surface area contributed by atoms with Crippen LogP contribution in [0.15, 0.2) is 16.7 Å². The molecule has 0 aliphatic carbocycles. The second-order valence-electron chi connectivity index (χ2n) is 1.73. The Morgan fingerprint density at radius 3 is 2.80 bits per heavy atom. The SMILES string of the molecule is Clc1cc(Br)c(CBr)cn1. The average molecular weight is 285 g/mol. The molecule has 0 saturated heterocycles. The molecular formula is C6H4Br2ClN. The first-order chi connectivity index (χ1) is 4.74. The van der Waals surface area contributed by atoms with Crippen molar-refractivity contribution in [3.63, 3.8) is 0 Å². The second-order valence-corrected chi connectivity index (χ2v) is 3.53. The summed E-state index contributed by atoms with van der Waals surface area (Å²) < 4.78 is 0.990. The van der Waals surface area contributed by atoms with Crippen molar-refractivity contribution >= 4 is 43.5 Å². The number of hydrogen-bond acceptors (Lipinski definition) is 1. The Bertz CT molecular complexity index is 239. The van der Waals surface area contributed by atoms with Crippen molar-refractivity contribution < 1.29 is 0 Å². The zero-order valence-corrected chi connectivity index (χ0v) is 8.87. The normalized spacial score (nSPS) is 9.90. The van der Waals surface area contributed by atoms with E-state index in [1.165, 1.54) is 0 Å². The van der Waals surface area contributed by atoms with Gasteiger partial charge in [-0.15, -0.1) is 0 Å². The molecule has 0 fully saturated rings. The maximum absolute atomic E-state index is 5.62. The summed E-state index contributed by atoms with van der Waals surface area (Å²) in [5, 5.41) is 1.30. The molecule has 0 aromatic carbocycles. The van der Waals surface area contributed by atoms with E-state index >= 15 is 0 Å². The van der Waals surface area contributed by atoms with Crippen LogP contribution in [-0.2, 0) is 5.33 Å². The first kappa shape index (κ1) is 8.50. The van der Waals surface area contributed by atoms with Crippen LogP contribution in [-0.4, -0.2) is 4.98 Å². The predicted octanol–water partition coefficient (Wildman–Crippen LogP) is 3.39. The summed E-state index contributed by atoms with van der Waals surface area (Å²) in [5.41, 5.74) is 1.10. The fraction of sp³-hybridized carbons (Fsp3) is 0.167. The highest BCUT2D eigenvalue weighted by molar-refractivity contribution is 9.10. The van der Waals surface area contributed by atoms with Crippen LogP contribution in [0.5, 0.6) is 0 Å². The summed E-state index contributed by atoms with van der Waals surface area (Å²) in [6.07, 6.45) is 1.74. The summed E-state index contributed by atoms with van der Waals surface area (Å²) >= 11 is 12.3. The zero-order valence-electron chi connectivity index (χ0n) is 4.94. The minimum atomic E-state index is 0.511. The molecule has 0 unspecified atom stereocenters. The molecule has 0 aliphatic rings. The maximum atomic E-state index is 5.62. The number of halogens is 3. The van der Waals surface area contributed by atoms with E-state index in [0.717, 1.165) is 15.4 Å². The lowest BCUT2D eigenvalue weighted by molar-refractivity contribution is 1.24. The molecule has 0 aliphatic heterocycles. The topological polar surface area (TPSA) is 12.9 Å². The number of alkyl halides is 1. The van der Waals surface area contributed by atoms with Gasteiger partial charge in [0.05, 0.1) is 0 Å². The van der Waals surface area contributed by atoms with Crippen molar-refractivity contribution in [2.24, 2.45) is 0 Å². The molecule has 1 nitrogen and oxygen atoms in total. The maximum Gasteiger partial charge on any atom is 0.130 e. The summed E-state index contributed by atoms with van der Waals surface area (Å²) in [6.45, 7) is 0. The lowest BCUT2D eigenvalue weighted by atomic mass is 10.3. The van der Waals surface area contributed by atoms with Crippen molar-refractivity contribution in [1.29, 1.82) is 0 Å². The van der Waals surface area contributed by atoms with E-state index in [9.17, 15) is 0 Å². The first-order valence-electron chi connectivity index (χ1n) is 2.60. The molecule has 1 heterocycles. The minimum Gasteiger partial charge on any atom is -0.244 e. The van der Waals surface area contributed by atoms with Crippen molar-refractivity contribution in [3.8, 4) is 0 Å². The molecule has 1 rings (SSSR count). The monoisotopic (exact) mass is 283 g/mol. The average Bonchev–Trinajstić information content (AvgIpc) is 1.88. The van der Waals surface area contributed by atoms with Crippen LogP contribution in [0.3, 0.4) is 0 Å². The van der Waals surface area contributed by atoms with E-state index in [4.69, 9.17) is 11.6 Å². The van der Waals surface area contributed by atoms with Crippen LogP contribution in [0.25, 0.3) is 0 Å². The number of nitrogens with zero attached hydrogens (tertiary/aromatic N) is 1. The molecule has 0 atom stereocenters. The third kappa shape index (κ3) is 1.94. The lowest BCUT2D eigenvalue weighted by Crippen LogP contribution is -1.82. The molecule has 0 saturated carbocycles. The Morgan fingerprint density at radius 2 is 2.30 bits per heavy atom. The van der Waals surface area contributed by atoms with Crippen LogP contribution < -0.4 is 0 Å². The first-order valence-corrected chi connectivity index (χ1v) is 4.89. The molecule has 1 aromatic rings. The van der Waals surface area contributed by atoms with E-state index < -0.39 is 0 Å². The number of aromatic nitrogens is 1. The summed E-state index contributed by atoms with van der Waals surface area (Å²) in [6, 6.07) is 1.78. The van der Waals surface area contributed by atoms with Gasteiger partial charge in [-0.05, 0) is 11.6 Å². The van der Waals surface area contributed by atoms with Crippen LogP contribution in [0, 0.1) is 0 Å². The van der Waals surface area contributed by atoms with Gasteiger partial charge in [-0.2, -0.15) is 0 Å². The molecule has 0 bridgehead atoms. The van der Waals surface area contributed by atoms with Crippen LogP contribution in [0.2, 0.25) is 5.15 Å². The Hall–Kier alpha value is 0.400. The van der Waals surface area contributed by atoms with E-state index in [1.54, 1.807) is 12.3 Å². The molecule has 0 radical (unpaired) electrons.